The van der Waals surface area contributed by atoms with Gasteiger partial charge in [-0.2, -0.15) is 5.26 Å². The van der Waals surface area contributed by atoms with Crippen LogP contribution in [-0.4, -0.2) is 25.1 Å². The number of rotatable bonds is 3. The number of ether oxygens (including phenoxy) is 1. The quantitative estimate of drug-likeness (QED) is 0.554. The largest absolute Gasteiger partial charge is 0.422 e. The minimum Gasteiger partial charge on any atom is -0.422 e. The zero-order valence-corrected chi connectivity index (χ0v) is 15.8. The number of amides is 1. The molecule has 2 N–H and O–H groups in total. The van der Waals surface area contributed by atoms with E-state index in [4.69, 9.17) is 14.9 Å². The van der Waals surface area contributed by atoms with Crippen LogP contribution in [0.15, 0.2) is 45.6 Å². The number of carbonyl (C=O) groups excluding carboxylic acids is 1. The normalized spacial score (nSPS) is 10.5. The maximum Gasteiger partial charge on any atom is 0.414 e. The number of nitrogens with zero attached hydrogens (tertiary/aromatic N) is 2. The second-order valence-corrected chi connectivity index (χ2v) is 6.63. The van der Waals surface area contributed by atoms with Gasteiger partial charge in [0.15, 0.2) is 5.75 Å². The third-order valence-electron chi connectivity index (χ3n) is 4.40. The van der Waals surface area contributed by atoms with Gasteiger partial charge in [-0.1, -0.05) is 12.1 Å². The van der Waals surface area contributed by atoms with Gasteiger partial charge in [-0.3, -0.25) is 0 Å². The first-order chi connectivity index (χ1) is 13.3. The van der Waals surface area contributed by atoms with Crippen LogP contribution in [0.25, 0.3) is 11.0 Å². The number of nitrogen functional groups attached to an aromatic ring is 1. The molecule has 0 bridgehead atoms. The molecule has 0 radical (unpaired) electrons. The molecule has 0 aliphatic carbocycles. The molecule has 3 rings (SSSR count). The molecule has 142 valence electrons. The van der Waals surface area contributed by atoms with Gasteiger partial charge in [0.2, 0.25) is 0 Å². The van der Waals surface area contributed by atoms with Crippen LogP contribution in [0.1, 0.15) is 22.3 Å². The van der Waals surface area contributed by atoms with E-state index in [2.05, 4.69) is 0 Å². The third-order valence-corrected chi connectivity index (χ3v) is 4.40. The highest BCUT2D eigenvalue weighted by Crippen LogP contribution is 2.29. The lowest BCUT2D eigenvalue weighted by Crippen LogP contribution is -2.25. The Morgan fingerprint density at radius 3 is 2.68 bits per heavy atom. The van der Waals surface area contributed by atoms with Crippen molar-refractivity contribution in [3.63, 3.8) is 0 Å². The van der Waals surface area contributed by atoms with Crippen LogP contribution in [0.3, 0.4) is 0 Å². The van der Waals surface area contributed by atoms with Crippen LogP contribution in [0.2, 0.25) is 0 Å². The molecule has 7 nitrogen and oxygen atoms in total. The number of fused-ring (bicyclic) bond motifs is 1. The van der Waals surface area contributed by atoms with Crippen molar-refractivity contribution in [1.82, 2.24) is 4.90 Å². The molecular formula is C21H19N3O4. The van der Waals surface area contributed by atoms with Gasteiger partial charge in [0.05, 0.1) is 5.56 Å². The van der Waals surface area contributed by atoms with E-state index in [0.29, 0.717) is 28.6 Å². The van der Waals surface area contributed by atoms with Crippen molar-refractivity contribution in [3.8, 4) is 11.8 Å². The molecule has 1 aromatic heterocycles. The fourth-order valence-corrected chi connectivity index (χ4v) is 2.88. The molecule has 0 aliphatic heterocycles. The summed E-state index contributed by atoms with van der Waals surface area (Å²) in [7, 11) is 3.06. The first kappa shape index (κ1) is 19.0. The van der Waals surface area contributed by atoms with Crippen molar-refractivity contribution in [3.05, 3.63) is 69.1 Å². The van der Waals surface area contributed by atoms with Gasteiger partial charge in [0.25, 0.3) is 0 Å². The van der Waals surface area contributed by atoms with E-state index in [-0.39, 0.29) is 16.9 Å². The van der Waals surface area contributed by atoms with Crippen LogP contribution in [0, 0.1) is 18.3 Å². The maximum absolute atomic E-state index is 12.6. The third kappa shape index (κ3) is 3.67. The molecule has 0 saturated heterocycles. The van der Waals surface area contributed by atoms with Crippen LogP contribution in [0.4, 0.5) is 10.5 Å². The summed E-state index contributed by atoms with van der Waals surface area (Å²) in [6, 6.07) is 12.3. The van der Waals surface area contributed by atoms with Gasteiger partial charge in [-0.25, -0.2) is 9.59 Å². The van der Waals surface area contributed by atoms with E-state index in [1.54, 1.807) is 25.1 Å². The second kappa shape index (κ2) is 7.45. The average molecular weight is 377 g/mol. The van der Waals surface area contributed by atoms with Crippen molar-refractivity contribution in [1.29, 1.82) is 5.26 Å². The van der Waals surface area contributed by atoms with Crippen molar-refractivity contribution in [2.75, 3.05) is 19.8 Å². The molecule has 0 fully saturated rings. The summed E-state index contributed by atoms with van der Waals surface area (Å²) >= 11 is 0. The van der Waals surface area contributed by atoms with Crippen molar-refractivity contribution < 1.29 is 13.9 Å². The lowest BCUT2D eigenvalue weighted by Gasteiger charge is -2.13. The predicted octanol–water partition coefficient (Wildman–Crippen LogP) is 3.21. The summed E-state index contributed by atoms with van der Waals surface area (Å²) in [5.74, 6) is 0.0415. The summed E-state index contributed by atoms with van der Waals surface area (Å²) in [4.78, 5) is 25.6. The maximum atomic E-state index is 12.6. The molecular weight excluding hydrogens is 358 g/mol. The average Bonchev–Trinajstić information content (AvgIpc) is 2.64. The Kier molecular flexibility index (Phi) is 5.05. The molecule has 0 aliphatic rings. The van der Waals surface area contributed by atoms with Crippen LogP contribution >= 0.6 is 0 Å². The van der Waals surface area contributed by atoms with Crippen LogP contribution in [-0.2, 0) is 6.42 Å². The van der Waals surface area contributed by atoms with Crippen molar-refractivity contribution in [2.24, 2.45) is 0 Å². The monoisotopic (exact) mass is 377 g/mol. The molecule has 0 atom stereocenters. The molecule has 1 heterocycles. The van der Waals surface area contributed by atoms with Crippen molar-refractivity contribution >= 4 is 22.7 Å². The minimum atomic E-state index is -0.631. The van der Waals surface area contributed by atoms with Crippen molar-refractivity contribution in [2.45, 2.75) is 13.3 Å². The number of nitriles is 1. The fraction of sp³-hybridized carbons (Fsp3) is 0.190. The Hall–Kier alpha value is -3.79. The number of benzene rings is 2. The predicted molar refractivity (Wildman–Crippen MR) is 105 cm³/mol. The van der Waals surface area contributed by atoms with E-state index in [9.17, 15) is 14.9 Å². The molecule has 0 spiro atoms. The standard InChI is InChI=1S/C21H19N3O4/c1-12-16-9-14(11-22)18(28-21(26)24(2)3)10-19(16)27-20(25)17(12)8-13-5-4-6-15(23)7-13/h4-7,9-10H,8,23H2,1-3H3. The Morgan fingerprint density at radius 2 is 2.04 bits per heavy atom. The topological polar surface area (TPSA) is 110 Å². The smallest absolute Gasteiger partial charge is 0.414 e. The summed E-state index contributed by atoms with van der Waals surface area (Å²) in [5, 5.41) is 10.1. The molecule has 3 aromatic rings. The molecule has 1 amide bonds. The Balaban J connectivity index is 2.12. The molecule has 0 unspecified atom stereocenters. The Labute approximate surface area is 161 Å². The zero-order valence-electron chi connectivity index (χ0n) is 15.8. The first-order valence-electron chi connectivity index (χ1n) is 8.54. The first-order valence-corrected chi connectivity index (χ1v) is 8.54. The van der Waals surface area contributed by atoms with Gasteiger partial charge in [-0.05, 0) is 36.2 Å². The van der Waals surface area contributed by atoms with Gasteiger partial charge in [0, 0.05) is 43.2 Å². The molecule has 2 aromatic carbocycles. The lowest BCUT2D eigenvalue weighted by molar-refractivity contribution is 0.172. The highest BCUT2D eigenvalue weighted by atomic mass is 16.6. The van der Waals surface area contributed by atoms with E-state index >= 15 is 0 Å². The SMILES string of the molecule is Cc1c(Cc2cccc(N)c2)c(=O)oc2cc(OC(=O)N(C)C)c(C#N)cc12. The molecule has 7 heteroatoms. The lowest BCUT2D eigenvalue weighted by atomic mass is 9.98. The van der Waals surface area contributed by atoms with Crippen LogP contribution in [0.5, 0.6) is 5.75 Å². The number of hydrogen-bond acceptors (Lipinski definition) is 6. The Morgan fingerprint density at radius 1 is 1.29 bits per heavy atom. The van der Waals surface area contributed by atoms with Gasteiger partial charge in [0.1, 0.15) is 11.7 Å². The molecule has 0 saturated carbocycles. The van der Waals surface area contributed by atoms with Gasteiger partial charge >= 0.3 is 11.7 Å². The summed E-state index contributed by atoms with van der Waals surface area (Å²) in [6.07, 6.45) is -0.276. The number of aryl methyl sites for hydroxylation is 1. The number of hydrogen-bond donors (Lipinski definition) is 1. The number of anilines is 1. The number of nitrogens with two attached hydrogens (primary N) is 1. The van der Waals surface area contributed by atoms with E-state index in [1.807, 2.05) is 18.2 Å². The van der Waals surface area contributed by atoms with Crippen LogP contribution < -0.4 is 16.1 Å². The summed E-state index contributed by atoms with van der Waals surface area (Å²) in [6.45, 7) is 1.80. The highest BCUT2D eigenvalue weighted by Gasteiger charge is 2.17. The van der Waals surface area contributed by atoms with E-state index in [0.717, 1.165) is 5.56 Å². The summed E-state index contributed by atoms with van der Waals surface area (Å²) < 4.78 is 10.7. The zero-order chi connectivity index (χ0) is 20.4. The number of carbonyl (C=O) groups is 1. The van der Waals surface area contributed by atoms with Gasteiger partial charge < -0.3 is 19.8 Å². The minimum absolute atomic E-state index is 0.0415. The van der Waals surface area contributed by atoms with E-state index in [1.165, 1.54) is 25.1 Å². The molecule has 28 heavy (non-hydrogen) atoms. The Bertz CT molecular complexity index is 1170. The fourth-order valence-electron chi connectivity index (χ4n) is 2.88. The summed E-state index contributed by atoms with van der Waals surface area (Å²) in [5.41, 5.74) is 8.43. The second-order valence-electron chi connectivity index (χ2n) is 6.63. The van der Waals surface area contributed by atoms with E-state index < -0.39 is 11.7 Å². The van der Waals surface area contributed by atoms with Gasteiger partial charge in [-0.15, -0.1) is 0 Å². The highest BCUT2D eigenvalue weighted by molar-refractivity contribution is 5.85.